The highest BCUT2D eigenvalue weighted by atomic mass is 32.2. The van der Waals surface area contributed by atoms with Gasteiger partial charge in [0.25, 0.3) is 0 Å². The number of nitriles is 2. The number of nitrogens with zero attached hydrogens (tertiary/aromatic N) is 2. The van der Waals surface area contributed by atoms with Gasteiger partial charge < -0.3 is 4.74 Å². The fourth-order valence-corrected chi connectivity index (χ4v) is 5.69. The topological polar surface area (TPSA) is 90.9 Å². The molecule has 158 valence electrons. The van der Waals surface area contributed by atoms with E-state index in [0.717, 1.165) is 5.56 Å². The van der Waals surface area contributed by atoms with Crippen molar-refractivity contribution in [2.24, 2.45) is 11.3 Å². The highest BCUT2D eigenvalue weighted by Gasteiger charge is 2.58. The van der Waals surface area contributed by atoms with Gasteiger partial charge in [0.2, 0.25) is 0 Å². The van der Waals surface area contributed by atoms with Crippen molar-refractivity contribution in [3.05, 3.63) is 71.3 Å². The number of carbonyl (C=O) groups is 2. The van der Waals surface area contributed by atoms with Crippen molar-refractivity contribution in [1.82, 2.24) is 0 Å². The Morgan fingerprint density at radius 2 is 1.74 bits per heavy atom. The first-order chi connectivity index (χ1) is 14.7. The molecule has 1 heterocycles. The van der Waals surface area contributed by atoms with E-state index in [1.165, 1.54) is 11.8 Å². The standard InChI is InChI=1S/C25H24N2O3S/c1-24(2,3)30-21(28)13-20-15-31-23(19-11-9-17(14-26)10-12-19)25(20,16-27)22(29)18-7-5-4-6-8-18/h4-12,20,23H,13,15H2,1-3H3/t20-,23+,25+/m1/s1. The van der Waals surface area contributed by atoms with E-state index in [-0.39, 0.29) is 12.2 Å². The van der Waals surface area contributed by atoms with E-state index in [4.69, 9.17) is 10.00 Å². The van der Waals surface area contributed by atoms with Gasteiger partial charge in [-0.2, -0.15) is 22.3 Å². The smallest absolute Gasteiger partial charge is 0.306 e. The lowest BCUT2D eigenvalue weighted by Gasteiger charge is -2.32. The molecule has 0 amide bonds. The summed E-state index contributed by atoms with van der Waals surface area (Å²) in [4.78, 5) is 26.4. The molecule has 1 aliphatic heterocycles. The van der Waals surface area contributed by atoms with Gasteiger partial charge in [-0.1, -0.05) is 42.5 Å². The monoisotopic (exact) mass is 432 g/mol. The van der Waals surface area contributed by atoms with Crippen LogP contribution in [0.3, 0.4) is 0 Å². The number of Topliss-reactive ketones (excluding diaryl/α,β-unsaturated/α-hetero) is 1. The second-order valence-electron chi connectivity index (χ2n) is 8.61. The van der Waals surface area contributed by atoms with Crippen LogP contribution in [0.15, 0.2) is 54.6 Å². The summed E-state index contributed by atoms with van der Waals surface area (Å²) in [7, 11) is 0. The summed E-state index contributed by atoms with van der Waals surface area (Å²) in [5.74, 6) is -0.718. The maximum atomic E-state index is 13.7. The molecule has 0 N–H and O–H groups in total. The summed E-state index contributed by atoms with van der Waals surface area (Å²) in [6, 6.07) is 20.1. The average molecular weight is 433 g/mol. The number of thioether (sulfide) groups is 1. The van der Waals surface area contributed by atoms with Crippen LogP contribution in [0.25, 0.3) is 0 Å². The number of ether oxygens (including phenoxy) is 1. The molecular formula is C25H24N2O3S. The van der Waals surface area contributed by atoms with Crippen LogP contribution in [-0.4, -0.2) is 23.1 Å². The van der Waals surface area contributed by atoms with E-state index in [1.807, 2.05) is 6.07 Å². The third-order valence-corrected chi connectivity index (χ3v) is 6.87. The predicted octanol–water partition coefficient (Wildman–Crippen LogP) is 5.09. The van der Waals surface area contributed by atoms with Crippen LogP contribution in [0, 0.1) is 34.0 Å². The SMILES string of the molecule is CC(C)(C)OC(=O)C[C@@H]1CS[C@@H](c2ccc(C#N)cc2)[C@]1(C#N)C(=O)c1ccccc1. The fraction of sp³-hybridized carbons (Fsp3) is 0.360. The molecule has 1 aliphatic rings. The van der Waals surface area contributed by atoms with Crippen molar-refractivity contribution >= 4 is 23.5 Å². The van der Waals surface area contributed by atoms with Gasteiger partial charge in [-0.15, -0.1) is 0 Å². The maximum absolute atomic E-state index is 13.7. The Balaban J connectivity index is 2.04. The van der Waals surface area contributed by atoms with Gasteiger partial charge in [0.15, 0.2) is 5.78 Å². The van der Waals surface area contributed by atoms with Crippen LogP contribution < -0.4 is 0 Å². The zero-order valence-electron chi connectivity index (χ0n) is 17.8. The summed E-state index contributed by atoms with van der Waals surface area (Å²) in [5, 5.41) is 19.1. The second-order valence-corrected chi connectivity index (χ2v) is 9.75. The lowest BCUT2D eigenvalue weighted by atomic mass is 9.67. The fourth-order valence-electron chi connectivity index (χ4n) is 3.92. The summed E-state index contributed by atoms with van der Waals surface area (Å²) in [6.07, 6.45) is -0.0107. The van der Waals surface area contributed by atoms with E-state index in [1.54, 1.807) is 69.3 Å². The van der Waals surface area contributed by atoms with Gasteiger partial charge in [0.05, 0.1) is 29.4 Å². The van der Waals surface area contributed by atoms with Crippen molar-refractivity contribution in [1.29, 1.82) is 10.5 Å². The Morgan fingerprint density at radius 3 is 2.29 bits per heavy atom. The zero-order chi connectivity index (χ0) is 22.6. The Kier molecular flexibility index (Phi) is 6.53. The lowest BCUT2D eigenvalue weighted by Crippen LogP contribution is -2.40. The normalized spacial score (nSPS) is 22.9. The molecule has 5 nitrogen and oxygen atoms in total. The van der Waals surface area contributed by atoms with Gasteiger partial charge in [0, 0.05) is 11.5 Å². The number of carbonyl (C=O) groups excluding carboxylic acids is 2. The van der Waals surface area contributed by atoms with E-state index in [0.29, 0.717) is 16.9 Å². The first kappa shape index (κ1) is 22.6. The van der Waals surface area contributed by atoms with E-state index < -0.39 is 28.2 Å². The molecule has 0 aromatic heterocycles. The molecule has 0 saturated carbocycles. The summed E-state index contributed by atoms with van der Waals surface area (Å²) >= 11 is 1.50. The molecular weight excluding hydrogens is 408 g/mol. The molecule has 0 aliphatic carbocycles. The minimum atomic E-state index is -1.42. The Labute approximate surface area is 187 Å². The number of rotatable bonds is 5. The third kappa shape index (κ3) is 4.65. The van der Waals surface area contributed by atoms with Crippen LogP contribution in [0.4, 0.5) is 0 Å². The maximum Gasteiger partial charge on any atom is 0.306 e. The molecule has 31 heavy (non-hydrogen) atoms. The molecule has 3 atom stereocenters. The molecule has 2 aromatic rings. The molecule has 6 heteroatoms. The summed E-state index contributed by atoms with van der Waals surface area (Å²) < 4.78 is 5.49. The molecule has 0 radical (unpaired) electrons. The van der Waals surface area contributed by atoms with E-state index >= 15 is 0 Å². The molecule has 2 aromatic carbocycles. The molecule has 0 spiro atoms. The van der Waals surface area contributed by atoms with Crippen molar-refractivity contribution in [3.8, 4) is 12.1 Å². The van der Waals surface area contributed by atoms with Crippen molar-refractivity contribution in [2.45, 2.75) is 38.0 Å². The van der Waals surface area contributed by atoms with Crippen LogP contribution in [0.1, 0.15) is 53.9 Å². The zero-order valence-corrected chi connectivity index (χ0v) is 18.6. The van der Waals surface area contributed by atoms with Crippen LogP contribution >= 0.6 is 11.8 Å². The minimum absolute atomic E-state index is 0.0107. The van der Waals surface area contributed by atoms with Gasteiger partial charge >= 0.3 is 5.97 Å². The number of ketones is 1. The molecule has 1 saturated heterocycles. The number of hydrogen-bond donors (Lipinski definition) is 0. The summed E-state index contributed by atoms with van der Waals surface area (Å²) in [5.41, 5.74) is -0.319. The largest absolute Gasteiger partial charge is 0.460 e. The highest BCUT2D eigenvalue weighted by molar-refractivity contribution is 7.99. The van der Waals surface area contributed by atoms with Gasteiger partial charge in [-0.05, 0) is 44.2 Å². The Morgan fingerprint density at radius 1 is 1.10 bits per heavy atom. The Hall–Kier alpha value is -3.09. The quantitative estimate of drug-likeness (QED) is 0.483. The molecule has 1 fully saturated rings. The Bertz CT molecular complexity index is 1050. The molecule has 3 rings (SSSR count). The first-order valence-electron chi connectivity index (χ1n) is 10.1. The molecule has 0 unspecified atom stereocenters. The van der Waals surface area contributed by atoms with Gasteiger partial charge in [-0.25, -0.2) is 0 Å². The summed E-state index contributed by atoms with van der Waals surface area (Å²) in [6.45, 7) is 5.38. The van der Waals surface area contributed by atoms with Crippen molar-refractivity contribution < 1.29 is 14.3 Å². The third-order valence-electron chi connectivity index (χ3n) is 5.29. The molecule has 0 bridgehead atoms. The lowest BCUT2D eigenvalue weighted by molar-refractivity contribution is -0.156. The van der Waals surface area contributed by atoms with Crippen LogP contribution in [-0.2, 0) is 9.53 Å². The van der Waals surface area contributed by atoms with Gasteiger partial charge in [0.1, 0.15) is 11.0 Å². The first-order valence-corrected chi connectivity index (χ1v) is 11.1. The number of benzene rings is 2. The minimum Gasteiger partial charge on any atom is -0.460 e. The second kappa shape index (κ2) is 8.96. The highest BCUT2D eigenvalue weighted by Crippen LogP contribution is 2.58. The van der Waals surface area contributed by atoms with Crippen LogP contribution in [0.5, 0.6) is 0 Å². The van der Waals surface area contributed by atoms with Crippen molar-refractivity contribution in [2.75, 3.05) is 5.75 Å². The number of hydrogen-bond acceptors (Lipinski definition) is 6. The van der Waals surface area contributed by atoms with Crippen LogP contribution in [0.2, 0.25) is 0 Å². The number of esters is 1. The average Bonchev–Trinajstić information content (AvgIpc) is 3.11. The van der Waals surface area contributed by atoms with E-state index in [2.05, 4.69) is 12.1 Å². The van der Waals surface area contributed by atoms with Gasteiger partial charge in [-0.3, -0.25) is 9.59 Å². The van der Waals surface area contributed by atoms with Crippen molar-refractivity contribution in [3.63, 3.8) is 0 Å². The predicted molar refractivity (Wildman–Crippen MR) is 119 cm³/mol. The van der Waals surface area contributed by atoms with E-state index in [9.17, 15) is 14.9 Å².